The standard InChI is InChI=1S/C29H23ClN4O3S/c1-15-3-2-4-20-23(35)12-22-26(25(15)20)18(13-30)14-34(22)28(37)17-7-10-21-24(11-17)38-29(32-21)33-27(36)16-5-8-19(31)9-6-16/h2-12,18,35H,13-14,31H2,1H3,(H,32,33,36)/t18-/m1/s1. The summed E-state index contributed by atoms with van der Waals surface area (Å²) in [6.45, 7) is 2.42. The highest BCUT2D eigenvalue weighted by Crippen LogP contribution is 2.46. The Balaban J connectivity index is 1.33. The van der Waals surface area contributed by atoms with E-state index in [2.05, 4.69) is 10.3 Å². The molecule has 6 rings (SSSR count). The highest BCUT2D eigenvalue weighted by Gasteiger charge is 2.35. The number of carbonyl (C=O) groups is 2. The van der Waals surface area contributed by atoms with E-state index >= 15 is 0 Å². The molecule has 0 saturated heterocycles. The van der Waals surface area contributed by atoms with E-state index in [1.807, 2.05) is 25.1 Å². The van der Waals surface area contributed by atoms with Gasteiger partial charge in [0.05, 0.1) is 15.9 Å². The fraction of sp³-hybridized carbons (Fsp3) is 0.138. The van der Waals surface area contributed by atoms with Crippen LogP contribution in [0, 0.1) is 6.92 Å². The van der Waals surface area contributed by atoms with Gasteiger partial charge in [0.15, 0.2) is 5.13 Å². The molecule has 38 heavy (non-hydrogen) atoms. The van der Waals surface area contributed by atoms with E-state index in [9.17, 15) is 14.7 Å². The first-order valence-corrected chi connectivity index (χ1v) is 13.4. The van der Waals surface area contributed by atoms with Gasteiger partial charge in [0.2, 0.25) is 0 Å². The Morgan fingerprint density at radius 1 is 1.13 bits per heavy atom. The van der Waals surface area contributed by atoms with Crippen molar-refractivity contribution in [2.75, 3.05) is 28.4 Å². The maximum atomic E-state index is 13.7. The second kappa shape index (κ2) is 9.31. The van der Waals surface area contributed by atoms with E-state index in [-0.39, 0.29) is 23.5 Å². The third-order valence-corrected chi connectivity index (χ3v) is 8.24. The molecule has 0 saturated carbocycles. The molecule has 1 atom stereocenters. The lowest BCUT2D eigenvalue weighted by Crippen LogP contribution is -2.30. The Morgan fingerprint density at radius 3 is 2.66 bits per heavy atom. The van der Waals surface area contributed by atoms with Gasteiger partial charge in [0.25, 0.3) is 11.8 Å². The molecule has 5 aromatic rings. The van der Waals surface area contributed by atoms with Crippen LogP contribution in [0.1, 0.15) is 37.8 Å². The Bertz CT molecular complexity index is 1750. The predicted molar refractivity (Wildman–Crippen MR) is 154 cm³/mol. The number of nitrogens with one attached hydrogen (secondary N) is 1. The topological polar surface area (TPSA) is 109 Å². The molecule has 0 aliphatic carbocycles. The van der Waals surface area contributed by atoms with Gasteiger partial charge < -0.3 is 15.7 Å². The van der Waals surface area contributed by atoms with Crippen molar-refractivity contribution >= 4 is 72.2 Å². The van der Waals surface area contributed by atoms with E-state index in [0.717, 1.165) is 26.6 Å². The number of hydrogen-bond acceptors (Lipinski definition) is 6. The minimum atomic E-state index is -0.288. The first-order valence-electron chi connectivity index (χ1n) is 12.0. The summed E-state index contributed by atoms with van der Waals surface area (Å²) in [6, 6.07) is 19.4. The van der Waals surface area contributed by atoms with E-state index < -0.39 is 0 Å². The van der Waals surface area contributed by atoms with Crippen LogP contribution in [0.2, 0.25) is 0 Å². The molecule has 1 aliphatic heterocycles. The van der Waals surface area contributed by atoms with Crippen molar-refractivity contribution in [1.29, 1.82) is 0 Å². The van der Waals surface area contributed by atoms with Crippen molar-refractivity contribution in [2.45, 2.75) is 12.8 Å². The van der Waals surface area contributed by atoms with Gasteiger partial charge in [-0.25, -0.2) is 4.98 Å². The number of amides is 2. The van der Waals surface area contributed by atoms with Gasteiger partial charge in [0, 0.05) is 46.6 Å². The summed E-state index contributed by atoms with van der Waals surface area (Å²) in [4.78, 5) is 32.5. The average molecular weight is 543 g/mol. The summed E-state index contributed by atoms with van der Waals surface area (Å²) in [5.74, 6) is -0.0370. The molecule has 0 bridgehead atoms. The second-order valence-electron chi connectivity index (χ2n) is 9.37. The number of aryl methyl sites for hydroxylation is 1. The van der Waals surface area contributed by atoms with Crippen LogP contribution in [0.4, 0.5) is 16.5 Å². The zero-order valence-electron chi connectivity index (χ0n) is 20.4. The molecule has 2 heterocycles. The third kappa shape index (κ3) is 4.02. The Kier molecular flexibility index (Phi) is 5.93. The van der Waals surface area contributed by atoms with Gasteiger partial charge in [-0.15, -0.1) is 11.6 Å². The lowest BCUT2D eigenvalue weighted by atomic mass is 9.92. The van der Waals surface area contributed by atoms with Gasteiger partial charge in [-0.2, -0.15) is 0 Å². The Morgan fingerprint density at radius 2 is 1.89 bits per heavy atom. The summed E-state index contributed by atoms with van der Waals surface area (Å²) in [7, 11) is 0. The lowest BCUT2D eigenvalue weighted by Gasteiger charge is -2.19. The molecule has 4 N–H and O–H groups in total. The van der Waals surface area contributed by atoms with Crippen molar-refractivity contribution in [3.05, 3.63) is 89.0 Å². The molecule has 0 fully saturated rings. The van der Waals surface area contributed by atoms with Crippen LogP contribution in [-0.2, 0) is 0 Å². The number of fused-ring (bicyclic) bond motifs is 4. The number of hydrogen-bond donors (Lipinski definition) is 3. The third-order valence-electron chi connectivity index (χ3n) is 6.93. The summed E-state index contributed by atoms with van der Waals surface area (Å²) in [6.07, 6.45) is 0. The highest BCUT2D eigenvalue weighted by atomic mass is 35.5. The number of nitrogen functional groups attached to an aromatic ring is 1. The molecule has 1 aliphatic rings. The maximum absolute atomic E-state index is 13.7. The SMILES string of the molecule is Cc1cccc2c(O)cc3c(c12)[C@H](CCl)CN3C(=O)c1ccc2nc(NC(=O)c3ccc(N)cc3)sc2c1. The molecule has 0 unspecified atom stereocenters. The molecular formula is C29H23ClN4O3S. The van der Waals surface area contributed by atoms with Gasteiger partial charge in [-0.3, -0.25) is 14.9 Å². The van der Waals surface area contributed by atoms with E-state index in [0.29, 0.717) is 45.6 Å². The Hall–Kier alpha value is -4.14. The summed E-state index contributed by atoms with van der Waals surface area (Å²) in [5, 5.41) is 15.7. The van der Waals surface area contributed by atoms with Crippen LogP contribution in [0.15, 0.2) is 66.7 Å². The van der Waals surface area contributed by atoms with Crippen molar-refractivity contribution < 1.29 is 14.7 Å². The van der Waals surface area contributed by atoms with Gasteiger partial charge in [-0.05, 0) is 65.9 Å². The summed E-state index contributed by atoms with van der Waals surface area (Å²) >= 11 is 7.67. The van der Waals surface area contributed by atoms with E-state index in [1.165, 1.54) is 11.3 Å². The Labute approximate surface area is 227 Å². The first-order chi connectivity index (χ1) is 18.3. The smallest absolute Gasteiger partial charge is 0.258 e. The molecule has 190 valence electrons. The molecule has 1 aromatic heterocycles. The predicted octanol–water partition coefficient (Wildman–Crippen LogP) is 6.28. The fourth-order valence-electron chi connectivity index (χ4n) is 5.09. The monoisotopic (exact) mass is 542 g/mol. The zero-order valence-corrected chi connectivity index (χ0v) is 21.9. The highest BCUT2D eigenvalue weighted by molar-refractivity contribution is 7.22. The quantitative estimate of drug-likeness (QED) is 0.183. The molecule has 2 amide bonds. The second-order valence-corrected chi connectivity index (χ2v) is 10.7. The van der Waals surface area contributed by atoms with Gasteiger partial charge in [-0.1, -0.05) is 29.5 Å². The fourth-order valence-corrected chi connectivity index (χ4v) is 6.24. The van der Waals surface area contributed by atoms with Crippen LogP contribution < -0.4 is 16.0 Å². The number of halogens is 1. The van der Waals surface area contributed by atoms with Gasteiger partial charge in [0.1, 0.15) is 5.75 Å². The normalized spacial score (nSPS) is 14.7. The van der Waals surface area contributed by atoms with Crippen LogP contribution in [0.3, 0.4) is 0 Å². The number of phenols is 1. The number of rotatable bonds is 4. The molecule has 7 nitrogen and oxygen atoms in total. The number of anilines is 3. The van der Waals surface area contributed by atoms with Gasteiger partial charge >= 0.3 is 0 Å². The minimum absolute atomic E-state index is 0.0536. The number of alkyl halides is 1. The van der Waals surface area contributed by atoms with Crippen molar-refractivity contribution in [2.24, 2.45) is 0 Å². The zero-order chi connectivity index (χ0) is 26.6. The number of benzene rings is 4. The van der Waals surface area contributed by atoms with Crippen LogP contribution in [0.25, 0.3) is 21.0 Å². The minimum Gasteiger partial charge on any atom is -0.507 e. The number of nitrogens with zero attached hydrogens (tertiary/aromatic N) is 2. The molecular weight excluding hydrogens is 520 g/mol. The van der Waals surface area contributed by atoms with Crippen LogP contribution in [0.5, 0.6) is 5.75 Å². The maximum Gasteiger partial charge on any atom is 0.258 e. The molecule has 9 heteroatoms. The number of nitrogens with two attached hydrogens (primary N) is 1. The van der Waals surface area contributed by atoms with Crippen molar-refractivity contribution in [3.63, 3.8) is 0 Å². The molecule has 0 spiro atoms. The number of aromatic hydroxyl groups is 1. The number of thiazole rings is 1. The van der Waals surface area contributed by atoms with Crippen molar-refractivity contribution in [1.82, 2.24) is 4.98 Å². The average Bonchev–Trinajstić information content (AvgIpc) is 3.48. The van der Waals surface area contributed by atoms with E-state index in [1.54, 1.807) is 53.4 Å². The van der Waals surface area contributed by atoms with Crippen LogP contribution >= 0.6 is 22.9 Å². The number of phenolic OH excluding ortho intramolecular Hbond substituents is 1. The van der Waals surface area contributed by atoms with Crippen LogP contribution in [-0.4, -0.2) is 34.3 Å². The molecule has 0 radical (unpaired) electrons. The summed E-state index contributed by atoms with van der Waals surface area (Å²) < 4.78 is 0.772. The lowest BCUT2D eigenvalue weighted by molar-refractivity contribution is 0.0987. The van der Waals surface area contributed by atoms with Crippen molar-refractivity contribution in [3.8, 4) is 5.75 Å². The number of aromatic nitrogens is 1. The first kappa shape index (κ1) is 24.2. The largest absolute Gasteiger partial charge is 0.507 e. The van der Waals surface area contributed by atoms with E-state index in [4.69, 9.17) is 17.3 Å². The summed E-state index contributed by atoms with van der Waals surface area (Å²) in [5.41, 5.74) is 10.6. The number of carbonyl (C=O) groups excluding carboxylic acids is 2. The molecule has 4 aromatic carbocycles.